The predicted molar refractivity (Wildman–Crippen MR) is 71.4 cm³/mol. The minimum Gasteiger partial charge on any atom is -0.462 e. The molecule has 4 heteroatoms. The number of hydrogen-bond acceptors (Lipinski definition) is 4. The molecule has 2 aliphatic rings. The number of carbonyl (C=O) groups excluding carboxylic acids is 1. The molecule has 0 saturated carbocycles. The van der Waals surface area contributed by atoms with Gasteiger partial charge in [-0.1, -0.05) is 6.92 Å². The van der Waals surface area contributed by atoms with Crippen LogP contribution in [0.25, 0.3) is 0 Å². The zero-order valence-electron chi connectivity index (χ0n) is 11.8. The van der Waals surface area contributed by atoms with Crippen molar-refractivity contribution in [2.75, 3.05) is 13.1 Å². The van der Waals surface area contributed by atoms with Crippen molar-refractivity contribution in [1.82, 2.24) is 10.2 Å². The first-order valence-corrected chi connectivity index (χ1v) is 7.28. The van der Waals surface area contributed by atoms with Gasteiger partial charge >= 0.3 is 5.97 Å². The maximum atomic E-state index is 11.8. The Morgan fingerprint density at radius 2 is 1.94 bits per heavy atom. The molecule has 0 radical (unpaired) electrons. The van der Waals surface area contributed by atoms with E-state index in [-0.39, 0.29) is 12.1 Å². The fraction of sp³-hybridized carbons (Fsp3) is 0.929. The average Bonchev–Trinajstić information content (AvgIpc) is 2.64. The first kappa shape index (κ1) is 13.8. The molecule has 2 bridgehead atoms. The summed E-state index contributed by atoms with van der Waals surface area (Å²) >= 11 is 0. The van der Waals surface area contributed by atoms with Gasteiger partial charge in [-0.15, -0.1) is 0 Å². The summed E-state index contributed by atoms with van der Waals surface area (Å²) in [4.78, 5) is 14.1. The van der Waals surface area contributed by atoms with Crippen molar-refractivity contribution in [3.8, 4) is 0 Å². The molecule has 4 nitrogen and oxygen atoms in total. The Bertz CT molecular complexity index is 282. The SMILES string of the molecule is CCN(CC(=O)OC(C)C)C1CC2CCC(C1)N2. The van der Waals surface area contributed by atoms with Crippen molar-refractivity contribution in [2.45, 2.75) is 70.7 Å². The third-order valence-electron chi connectivity index (χ3n) is 4.07. The van der Waals surface area contributed by atoms with Gasteiger partial charge < -0.3 is 10.1 Å². The summed E-state index contributed by atoms with van der Waals surface area (Å²) in [7, 11) is 0. The number of fused-ring (bicyclic) bond motifs is 2. The zero-order chi connectivity index (χ0) is 13.1. The van der Waals surface area contributed by atoms with E-state index in [9.17, 15) is 4.79 Å². The van der Waals surface area contributed by atoms with Gasteiger partial charge in [0.15, 0.2) is 0 Å². The Morgan fingerprint density at radius 3 is 2.44 bits per heavy atom. The van der Waals surface area contributed by atoms with E-state index in [1.165, 1.54) is 25.7 Å². The van der Waals surface area contributed by atoms with Gasteiger partial charge in [-0.05, 0) is 46.1 Å². The number of carbonyl (C=O) groups is 1. The van der Waals surface area contributed by atoms with E-state index in [1.54, 1.807) is 0 Å². The highest BCUT2D eigenvalue weighted by atomic mass is 16.5. The lowest BCUT2D eigenvalue weighted by Crippen LogP contribution is -2.49. The van der Waals surface area contributed by atoms with Crippen LogP contribution in [0, 0.1) is 0 Å². The van der Waals surface area contributed by atoms with Crippen molar-refractivity contribution in [3.05, 3.63) is 0 Å². The third kappa shape index (κ3) is 3.45. The molecule has 104 valence electrons. The largest absolute Gasteiger partial charge is 0.462 e. The fourth-order valence-electron chi connectivity index (χ4n) is 3.29. The number of rotatable bonds is 5. The number of likely N-dealkylation sites (N-methyl/N-ethyl adjacent to an activating group) is 1. The van der Waals surface area contributed by atoms with Crippen LogP contribution in [0.15, 0.2) is 0 Å². The quantitative estimate of drug-likeness (QED) is 0.756. The summed E-state index contributed by atoms with van der Waals surface area (Å²) in [6.07, 6.45) is 4.95. The third-order valence-corrected chi connectivity index (χ3v) is 4.07. The van der Waals surface area contributed by atoms with Crippen LogP contribution in [-0.2, 0) is 9.53 Å². The molecule has 0 aromatic carbocycles. The Morgan fingerprint density at radius 1 is 1.33 bits per heavy atom. The maximum Gasteiger partial charge on any atom is 0.320 e. The molecule has 2 rings (SSSR count). The van der Waals surface area contributed by atoms with Crippen LogP contribution in [0.5, 0.6) is 0 Å². The van der Waals surface area contributed by atoms with Gasteiger partial charge in [0.05, 0.1) is 12.6 Å². The van der Waals surface area contributed by atoms with Crippen molar-refractivity contribution < 1.29 is 9.53 Å². The van der Waals surface area contributed by atoms with Crippen LogP contribution in [0.3, 0.4) is 0 Å². The second-order valence-corrected chi connectivity index (χ2v) is 5.86. The Labute approximate surface area is 110 Å². The number of nitrogens with zero attached hydrogens (tertiary/aromatic N) is 1. The fourth-order valence-corrected chi connectivity index (χ4v) is 3.29. The van der Waals surface area contributed by atoms with Gasteiger partial charge in [-0.25, -0.2) is 0 Å². The molecule has 0 aromatic heterocycles. The molecule has 2 saturated heterocycles. The van der Waals surface area contributed by atoms with E-state index in [0.717, 1.165) is 6.54 Å². The van der Waals surface area contributed by atoms with Gasteiger partial charge in [0, 0.05) is 18.1 Å². The summed E-state index contributed by atoms with van der Waals surface area (Å²) in [5.41, 5.74) is 0. The molecule has 18 heavy (non-hydrogen) atoms. The van der Waals surface area contributed by atoms with Crippen molar-refractivity contribution in [1.29, 1.82) is 0 Å². The van der Waals surface area contributed by atoms with Gasteiger partial charge in [-0.2, -0.15) is 0 Å². The van der Waals surface area contributed by atoms with E-state index < -0.39 is 0 Å². The van der Waals surface area contributed by atoms with Crippen LogP contribution in [0.4, 0.5) is 0 Å². The molecule has 0 aliphatic carbocycles. The minimum absolute atomic E-state index is 0.0135. The Balaban J connectivity index is 1.86. The average molecular weight is 254 g/mol. The normalized spacial score (nSPS) is 31.1. The molecule has 2 unspecified atom stereocenters. The summed E-state index contributed by atoms with van der Waals surface area (Å²) in [5, 5.41) is 3.64. The van der Waals surface area contributed by atoms with Gasteiger partial charge in [-0.3, -0.25) is 9.69 Å². The monoisotopic (exact) mass is 254 g/mol. The predicted octanol–water partition coefficient (Wildman–Crippen LogP) is 1.54. The highest BCUT2D eigenvalue weighted by Crippen LogP contribution is 2.29. The first-order valence-electron chi connectivity index (χ1n) is 7.28. The molecule has 2 aliphatic heterocycles. The van der Waals surface area contributed by atoms with Crippen LogP contribution in [0.2, 0.25) is 0 Å². The highest BCUT2D eigenvalue weighted by molar-refractivity contribution is 5.71. The van der Waals surface area contributed by atoms with Crippen LogP contribution < -0.4 is 5.32 Å². The molecule has 2 fully saturated rings. The highest BCUT2D eigenvalue weighted by Gasteiger charge is 2.36. The maximum absolute atomic E-state index is 11.8. The van der Waals surface area contributed by atoms with Gasteiger partial charge in [0.25, 0.3) is 0 Å². The number of nitrogens with one attached hydrogen (secondary N) is 1. The standard InChI is InChI=1S/C14H26N2O2/c1-4-16(9-14(17)18-10(2)3)13-7-11-5-6-12(8-13)15-11/h10-13,15H,4-9H2,1-3H3. The van der Waals surface area contributed by atoms with Gasteiger partial charge in [0.2, 0.25) is 0 Å². The number of hydrogen-bond donors (Lipinski definition) is 1. The summed E-state index contributed by atoms with van der Waals surface area (Å²) in [6, 6.07) is 1.89. The van der Waals surface area contributed by atoms with Crippen LogP contribution >= 0.6 is 0 Å². The minimum atomic E-state index is -0.0854. The lowest BCUT2D eigenvalue weighted by molar-refractivity contribution is -0.149. The second kappa shape index (κ2) is 6.02. The van der Waals surface area contributed by atoms with Crippen molar-refractivity contribution in [3.63, 3.8) is 0 Å². The molecule has 0 amide bonds. The van der Waals surface area contributed by atoms with Crippen LogP contribution in [-0.4, -0.2) is 48.2 Å². The van der Waals surface area contributed by atoms with E-state index in [1.807, 2.05) is 13.8 Å². The first-order chi connectivity index (χ1) is 8.58. The second-order valence-electron chi connectivity index (χ2n) is 5.86. The zero-order valence-corrected chi connectivity index (χ0v) is 11.8. The van der Waals surface area contributed by atoms with Crippen molar-refractivity contribution in [2.24, 2.45) is 0 Å². The van der Waals surface area contributed by atoms with Crippen LogP contribution in [0.1, 0.15) is 46.5 Å². The number of esters is 1. The smallest absolute Gasteiger partial charge is 0.320 e. The molecule has 2 heterocycles. The van der Waals surface area contributed by atoms with Gasteiger partial charge in [0.1, 0.15) is 0 Å². The number of ether oxygens (including phenoxy) is 1. The van der Waals surface area contributed by atoms with Crippen molar-refractivity contribution >= 4 is 5.97 Å². The molecule has 0 spiro atoms. The summed E-state index contributed by atoms with van der Waals surface area (Å²) in [5.74, 6) is -0.0854. The molecular weight excluding hydrogens is 228 g/mol. The molecule has 1 N–H and O–H groups in total. The molecule has 2 atom stereocenters. The topological polar surface area (TPSA) is 41.6 Å². The molecule has 0 aromatic rings. The lowest BCUT2D eigenvalue weighted by Gasteiger charge is -2.36. The summed E-state index contributed by atoms with van der Waals surface area (Å²) in [6.45, 7) is 7.31. The summed E-state index contributed by atoms with van der Waals surface area (Å²) < 4.78 is 5.25. The van der Waals surface area contributed by atoms with E-state index in [0.29, 0.717) is 24.7 Å². The van der Waals surface area contributed by atoms with E-state index >= 15 is 0 Å². The lowest BCUT2D eigenvalue weighted by atomic mass is 9.98. The molecular formula is C14H26N2O2. The van der Waals surface area contributed by atoms with E-state index in [4.69, 9.17) is 4.74 Å². The Kier molecular flexibility index (Phi) is 4.62. The number of piperidine rings is 1. The Hall–Kier alpha value is -0.610. The van der Waals surface area contributed by atoms with E-state index in [2.05, 4.69) is 17.1 Å².